The molecule has 1 heterocycles. The molecular formula is C35H50N2O6. The fourth-order valence-corrected chi connectivity index (χ4v) is 7.76. The number of hydrogen-bond acceptors (Lipinski definition) is 8. The zero-order valence-corrected chi connectivity index (χ0v) is 26.5. The minimum absolute atomic E-state index is 0.0250. The number of phenolic OH excluding ortho intramolecular Hbond substituents is 1. The number of benzene rings is 1. The lowest BCUT2D eigenvalue weighted by molar-refractivity contribution is -0.156. The van der Waals surface area contributed by atoms with E-state index >= 15 is 0 Å². The third-order valence-electron chi connectivity index (χ3n) is 9.70. The molecule has 0 unspecified atom stereocenters. The van der Waals surface area contributed by atoms with E-state index in [0.29, 0.717) is 48.6 Å². The van der Waals surface area contributed by atoms with Crippen LogP contribution in [0, 0.1) is 29.6 Å². The highest BCUT2D eigenvalue weighted by Gasteiger charge is 2.38. The molecule has 236 valence electrons. The number of pyridine rings is 1. The van der Waals surface area contributed by atoms with Crippen molar-refractivity contribution in [1.29, 1.82) is 0 Å². The summed E-state index contributed by atoms with van der Waals surface area (Å²) in [5.41, 5.74) is 8.50. The number of aromatic nitrogens is 1. The number of nitrogens with two attached hydrogens (primary N) is 1. The second-order valence-corrected chi connectivity index (χ2v) is 13.1. The fourth-order valence-electron chi connectivity index (χ4n) is 7.76. The van der Waals surface area contributed by atoms with Gasteiger partial charge in [0.1, 0.15) is 18.0 Å². The first-order chi connectivity index (χ1) is 20.5. The van der Waals surface area contributed by atoms with Gasteiger partial charge >= 0.3 is 11.9 Å². The number of ether oxygens (including phenoxy) is 3. The van der Waals surface area contributed by atoms with E-state index in [1.54, 1.807) is 18.3 Å². The number of rotatable bonds is 11. The first kappa shape index (κ1) is 32.6. The Labute approximate surface area is 256 Å². The van der Waals surface area contributed by atoms with Gasteiger partial charge in [-0.25, -0.2) is 4.98 Å². The number of nitrogen functional groups attached to an aromatic ring is 1. The molecule has 6 atom stereocenters. The van der Waals surface area contributed by atoms with Crippen LogP contribution in [-0.2, 0) is 25.5 Å². The molecule has 1 aromatic heterocycles. The van der Waals surface area contributed by atoms with E-state index in [9.17, 15) is 14.7 Å². The van der Waals surface area contributed by atoms with E-state index < -0.39 is 6.10 Å². The maximum Gasteiger partial charge on any atom is 0.302 e. The Bertz CT molecular complexity index is 1250. The number of methoxy groups -OCH3 is 1. The molecule has 1 aromatic carbocycles. The van der Waals surface area contributed by atoms with Crippen LogP contribution in [0.25, 0.3) is 11.1 Å². The van der Waals surface area contributed by atoms with Crippen LogP contribution in [0.1, 0.15) is 91.0 Å². The Morgan fingerprint density at radius 3 is 2.49 bits per heavy atom. The Balaban J connectivity index is 1.58. The fraction of sp³-hybridized carbons (Fsp3) is 0.629. The minimum atomic E-state index is -0.442. The van der Waals surface area contributed by atoms with Gasteiger partial charge < -0.3 is 25.1 Å². The standard InChI is InChI=1S/C35H50N2O6/c1-21(2)30-12-9-24-7-6-8-27(16-28(30)15-24)33(43-23(4)39)19-29(42-22(3)38)11-10-25-17-34(41-5)32(40)20-31(25)26-13-14-37-35(36)18-26/h13-14,17-18,20-21,24,27-30,33,40H,6-12,15-16,19H2,1-5H3,(H2,36,37)/t24-,27-,28+,29-,30-,33-/m1/s1. The van der Waals surface area contributed by atoms with Gasteiger partial charge in [0.05, 0.1) is 7.11 Å². The van der Waals surface area contributed by atoms with Crippen LogP contribution < -0.4 is 10.5 Å². The number of aromatic hydroxyl groups is 1. The van der Waals surface area contributed by atoms with Crippen LogP contribution in [0.15, 0.2) is 30.5 Å². The first-order valence-corrected chi connectivity index (χ1v) is 16.0. The molecule has 43 heavy (non-hydrogen) atoms. The summed E-state index contributed by atoms with van der Waals surface area (Å²) in [6, 6.07) is 7.09. The van der Waals surface area contributed by atoms with Crippen LogP contribution in [0.2, 0.25) is 0 Å². The van der Waals surface area contributed by atoms with Crippen LogP contribution in [0.5, 0.6) is 11.5 Å². The van der Waals surface area contributed by atoms with Crippen molar-refractivity contribution in [2.45, 2.75) is 104 Å². The normalized spacial score (nSPS) is 23.5. The average Bonchev–Trinajstić information content (AvgIpc) is 2.93. The van der Waals surface area contributed by atoms with E-state index in [-0.39, 0.29) is 29.7 Å². The zero-order chi connectivity index (χ0) is 31.1. The van der Waals surface area contributed by atoms with Gasteiger partial charge in [-0.2, -0.15) is 0 Å². The summed E-state index contributed by atoms with van der Waals surface area (Å²) >= 11 is 0. The van der Waals surface area contributed by atoms with Gasteiger partial charge in [0.2, 0.25) is 0 Å². The second-order valence-electron chi connectivity index (χ2n) is 13.1. The molecule has 3 N–H and O–H groups in total. The molecule has 2 aliphatic carbocycles. The number of phenols is 1. The van der Waals surface area contributed by atoms with Crippen molar-refractivity contribution in [3.63, 3.8) is 0 Å². The topological polar surface area (TPSA) is 121 Å². The van der Waals surface area contributed by atoms with Crippen molar-refractivity contribution in [3.8, 4) is 22.6 Å². The molecule has 4 rings (SSSR count). The molecule has 2 aliphatic rings. The van der Waals surface area contributed by atoms with E-state index in [2.05, 4.69) is 18.8 Å². The summed E-state index contributed by atoms with van der Waals surface area (Å²) in [6.45, 7) is 7.57. The maximum atomic E-state index is 12.4. The van der Waals surface area contributed by atoms with Gasteiger partial charge in [0.25, 0.3) is 0 Å². The highest BCUT2D eigenvalue weighted by Crippen LogP contribution is 2.46. The van der Waals surface area contributed by atoms with Gasteiger partial charge in [-0.15, -0.1) is 0 Å². The van der Waals surface area contributed by atoms with Gasteiger partial charge in [0, 0.05) is 26.5 Å². The minimum Gasteiger partial charge on any atom is -0.504 e. The predicted octanol–water partition coefficient (Wildman–Crippen LogP) is 7.11. The van der Waals surface area contributed by atoms with Crippen LogP contribution in [0.3, 0.4) is 0 Å². The van der Waals surface area contributed by atoms with Gasteiger partial charge in [-0.1, -0.05) is 33.1 Å². The highest BCUT2D eigenvalue weighted by molar-refractivity contribution is 5.72. The number of fused-ring (bicyclic) bond motifs is 2. The van der Waals surface area contributed by atoms with E-state index in [4.69, 9.17) is 19.9 Å². The first-order valence-electron chi connectivity index (χ1n) is 16.0. The quantitative estimate of drug-likeness (QED) is 0.264. The van der Waals surface area contributed by atoms with E-state index in [1.165, 1.54) is 46.6 Å². The monoisotopic (exact) mass is 594 g/mol. The molecule has 2 aromatic rings. The summed E-state index contributed by atoms with van der Waals surface area (Å²) in [5.74, 6) is 3.13. The van der Waals surface area contributed by atoms with Crippen molar-refractivity contribution >= 4 is 17.8 Å². The summed E-state index contributed by atoms with van der Waals surface area (Å²) in [4.78, 5) is 28.7. The van der Waals surface area contributed by atoms with Crippen molar-refractivity contribution < 1.29 is 28.9 Å². The van der Waals surface area contributed by atoms with Crippen molar-refractivity contribution in [3.05, 3.63) is 36.0 Å². The molecule has 2 bridgehead atoms. The van der Waals surface area contributed by atoms with Crippen molar-refractivity contribution in [2.75, 3.05) is 12.8 Å². The number of esters is 2. The average molecular weight is 595 g/mol. The number of anilines is 1. The molecule has 0 radical (unpaired) electrons. The van der Waals surface area contributed by atoms with Gasteiger partial charge in [0.15, 0.2) is 11.5 Å². The summed E-state index contributed by atoms with van der Waals surface area (Å²) in [7, 11) is 1.52. The van der Waals surface area contributed by atoms with Crippen molar-refractivity contribution in [2.24, 2.45) is 29.6 Å². The van der Waals surface area contributed by atoms with Gasteiger partial charge in [-0.3, -0.25) is 9.59 Å². The largest absolute Gasteiger partial charge is 0.504 e. The Hall–Kier alpha value is -3.29. The molecule has 0 saturated heterocycles. The number of aryl methyl sites for hydroxylation is 1. The van der Waals surface area contributed by atoms with E-state index in [1.807, 2.05) is 12.1 Å². The molecule has 0 spiro atoms. The molecule has 8 nitrogen and oxygen atoms in total. The Morgan fingerprint density at radius 2 is 1.81 bits per heavy atom. The summed E-state index contributed by atoms with van der Waals surface area (Å²) < 4.78 is 17.3. The second kappa shape index (κ2) is 14.9. The number of carbonyl (C=O) groups is 2. The number of nitrogens with zero attached hydrogens (tertiary/aromatic N) is 1. The van der Waals surface area contributed by atoms with Crippen LogP contribution in [0.4, 0.5) is 5.82 Å². The summed E-state index contributed by atoms with van der Waals surface area (Å²) in [5, 5.41) is 10.6. The lowest BCUT2D eigenvalue weighted by atomic mass is 9.63. The highest BCUT2D eigenvalue weighted by atomic mass is 16.6. The smallest absolute Gasteiger partial charge is 0.302 e. The number of hydrogen-bond donors (Lipinski definition) is 2. The Kier molecular flexibility index (Phi) is 11.3. The predicted molar refractivity (Wildman–Crippen MR) is 167 cm³/mol. The molecule has 2 saturated carbocycles. The summed E-state index contributed by atoms with van der Waals surface area (Å²) in [6.07, 6.45) is 10.7. The van der Waals surface area contributed by atoms with E-state index in [0.717, 1.165) is 41.9 Å². The molecule has 8 heteroatoms. The lowest BCUT2D eigenvalue weighted by Gasteiger charge is -2.43. The third kappa shape index (κ3) is 8.87. The van der Waals surface area contributed by atoms with Gasteiger partial charge in [-0.05, 0) is 109 Å². The van der Waals surface area contributed by atoms with Crippen LogP contribution in [-0.4, -0.2) is 41.3 Å². The van der Waals surface area contributed by atoms with Crippen molar-refractivity contribution in [1.82, 2.24) is 4.98 Å². The third-order valence-corrected chi connectivity index (χ3v) is 9.70. The molecule has 2 fully saturated rings. The maximum absolute atomic E-state index is 12.4. The SMILES string of the molecule is COc1cc(CC[C@H](C[C@@H](OC(C)=O)[C@@H]2CCC[C@@H]3CC[C@H](C(C)C)[C@@H](C3)C2)OC(C)=O)c(-c2ccnc(N)c2)cc1O. The zero-order valence-electron chi connectivity index (χ0n) is 26.5. The lowest BCUT2D eigenvalue weighted by Crippen LogP contribution is -2.38. The molecule has 0 aliphatic heterocycles. The number of carbonyl (C=O) groups excluding carboxylic acids is 2. The Morgan fingerprint density at radius 1 is 1.05 bits per heavy atom. The molecular weight excluding hydrogens is 544 g/mol. The molecule has 0 amide bonds. The van der Waals surface area contributed by atoms with Crippen LogP contribution >= 0.6 is 0 Å².